The quantitative estimate of drug-likeness (QED) is 0.636. The van der Waals surface area contributed by atoms with E-state index >= 15 is 0 Å². The van der Waals surface area contributed by atoms with E-state index in [0.717, 1.165) is 32.1 Å². The summed E-state index contributed by atoms with van der Waals surface area (Å²) in [5.74, 6) is 2.26. The van der Waals surface area contributed by atoms with Crippen LogP contribution in [0.5, 0.6) is 0 Å². The minimum atomic E-state index is -0.656. The van der Waals surface area contributed by atoms with Crippen molar-refractivity contribution >= 4 is 5.97 Å². The molecule has 1 rings (SSSR count). The molecule has 2 unspecified atom stereocenters. The summed E-state index contributed by atoms with van der Waals surface area (Å²) < 4.78 is 0. The van der Waals surface area contributed by atoms with Crippen molar-refractivity contribution in [3.05, 3.63) is 0 Å². The fourth-order valence-electron chi connectivity index (χ4n) is 1.87. The second-order valence-electron chi connectivity index (χ2n) is 3.48. The van der Waals surface area contributed by atoms with E-state index in [1.54, 1.807) is 0 Å². The normalized spacial score (nSPS) is 29.2. The molecule has 0 aromatic heterocycles. The van der Waals surface area contributed by atoms with Gasteiger partial charge in [0, 0.05) is 6.42 Å². The Hall–Kier alpha value is -0.970. The van der Waals surface area contributed by atoms with Gasteiger partial charge in [-0.3, -0.25) is 4.79 Å². The number of carboxylic acid groups (broad SMARTS) is 1. The first-order chi connectivity index (χ1) is 5.74. The van der Waals surface area contributed by atoms with E-state index in [-0.39, 0.29) is 5.92 Å². The van der Waals surface area contributed by atoms with Crippen LogP contribution in [0, 0.1) is 24.2 Å². The van der Waals surface area contributed by atoms with Gasteiger partial charge in [0.25, 0.3) is 0 Å². The Bertz CT molecular complexity index is 202. The van der Waals surface area contributed by atoms with Crippen LogP contribution in [0.25, 0.3) is 0 Å². The average molecular weight is 166 g/mol. The molecule has 0 heterocycles. The summed E-state index contributed by atoms with van der Waals surface area (Å²) >= 11 is 0. The molecule has 66 valence electrons. The Morgan fingerprint density at radius 2 is 2.33 bits per heavy atom. The van der Waals surface area contributed by atoms with Gasteiger partial charge >= 0.3 is 5.97 Å². The van der Waals surface area contributed by atoms with Crippen LogP contribution in [0.4, 0.5) is 0 Å². The molecule has 2 heteroatoms. The third-order valence-corrected chi connectivity index (χ3v) is 2.54. The Kier molecular flexibility index (Phi) is 3.16. The Morgan fingerprint density at radius 3 is 2.92 bits per heavy atom. The standard InChI is InChI=1S/C10H14O2/c1-2-4-8-5-3-6-9(7-8)10(11)12/h1,8-9H,3-7H2,(H,11,12). The SMILES string of the molecule is C#CCC1CCCC(C(=O)O)C1. The zero-order valence-electron chi connectivity index (χ0n) is 7.12. The minimum Gasteiger partial charge on any atom is -0.481 e. The number of hydrogen-bond donors (Lipinski definition) is 1. The maximum absolute atomic E-state index is 10.7. The molecule has 12 heavy (non-hydrogen) atoms. The first kappa shape index (κ1) is 9.12. The zero-order valence-corrected chi connectivity index (χ0v) is 7.12. The number of hydrogen-bond acceptors (Lipinski definition) is 1. The van der Waals surface area contributed by atoms with E-state index in [1.807, 2.05) is 0 Å². The lowest BCUT2D eigenvalue weighted by molar-refractivity contribution is -0.143. The van der Waals surface area contributed by atoms with Crippen LogP contribution in [0.3, 0.4) is 0 Å². The van der Waals surface area contributed by atoms with Crippen molar-refractivity contribution in [2.24, 2.45) is 11.8 Å². The van der Waals surface area contributed by atoms with Gasteiger partial charge in [0.2, 0.25) is 0 Å². The first-order valence-corrected chi connectivity index (χ1v) is 4.40. The maximum Gasteiger partial charge on any atom is 0.306 e. The highest BCUT2D eigenvalue weighted by atomic mass is 16.4. The van der Waals surface area contributed by atoms with E-state index in [0.29, 0.717) is 5.92 Å². The molecule has 0 amide bonds. The third-order valence-electron chi connectivity index (χ3n) is 2.54. The topological polar surface area (TPSA) is 37.3 Å². The van der Waals surface area contributed by atoms with Gasteiger partial charge in [-0.1, -0.05) is 6.42 Å². The van der Waals surface area contributed by atoms with E-state index in [2.05, 4.69) is 5.92 Å². The molecule has 1 saturated carbocycles. The van der Waals surface area contributed by atoms with Crippen molar-refractivity contribution in [2.45, 2.75) is 32.1 Å². The van der Waals surface area contributed by atoms with Crippen molar-refractivity contribution in [2.75, 3.05) is 0 Å². The van der Waals surface area contributed by atoms with Crippen molar-refractivity contribution in [1.29, 1.82) is 0 Å². The van der Waals surface area contributed by atoms with Gasteiger partial charge in [0.1, 0.15) is 0 Å². The first-order valence-electron chi connectivity index (χ1n) is 4.40. The molecule has 1 N–H and O–H groups in total. The fraction of sp³-hybridized carbons (Fsp3) is 0.700. The van der Waals surface area contributed by atoms with Crippen LogP contribution in [0.2, 0.25) is 0 Å². The van der Waals surface area contributed by atoms with Gasteiger partial charge < -0.3 is 5.11 Å². The Morgan fingerprint density at radius 1 is 1.58 bits per heavy atom. The molecule has 0 radical (unpaired) electrons. The van der Waals surface area contributed by atoms with E-state index in [1.165, 1.54) is 0 Å². The molecule has 1 aliphatic carbocycles. The van der Waals surface area contributed by atoms with Crippen LogP contribution in [0.15, 0.2) is 0 Å². The summed E-state index contributed by atoms with van der Waals surface area (Å²) in [7, 11) is 0. The summed E-state index contributed by atoms with van der Waals surface area (Å²) in [4.78, 5) is 10.7. The van der Waals surface area contributed by atoms with Crippen LogP contribution >= 0.6 is 0 Å². The second kappa shape index (κ2) is 4.15. The number of carbonyl (C=O) groups is 1. The summed E-state index contributed by atoms with van der Waals surface area (Å²) in [5, 5.41) is 8.77. The van der Waals surface area contributed by atoms with Gasteiger partial charge in [0.15, 0.2) is 0 Å². The monoisotopic (exact) mass is 166 g/mol. The van der Waals surface area contributed by atoms with Gasteiger partial charge in [-0.05, 0) is 25.2 Å². The third kappa shape index (κ3) is 2.27. The maximum atomic E-state index is 10.7. The molecule has 2 atom stereocenters. The molecule has 1 fully saturated rings. The lowest BCUT2D eigenvalue weighted by Gasteiger charge is -2.24. The predicted octanol–water partition coefficient (Wildman–Crippen LogP) is 1.90. The van der Waals surface area contributed by atoms with Gasteiger partial charge in [-0.2, -0.15) is 0 Å². The molecular formula is C10H14O2. The fourth-order valence-corrected chi connectivity index (χ4v) is 1.87. The van der Waals surface area contributed by atoms with Crippen LogP contribution < -0.4 is 0 Å². The Balaban J connectivity index is 2.41. The molecule has 0 aromatic carbocycles. The summed E-state index contributed by atoms with van der Waals surface area (Å²) in [6, 6.07) is 0. The summed E-state index contributed by atoms with van der Waals surface area (Å²) in [6.45, 7) is 0. The van der Waals surface area contributed by atoms with E-state index < -0.39 is 5.97 Å². The highest BCUT2D eigenvalue weighted by molar-refractivity contribution is 5.70. The minimum absolute atomic E-state index is 0.142. The molecule has 0 bridgehead atoms. The highest BCUT2D eigenvalue weighted by Crippen LogP contribution is 2.30. The lowest BCUT2D eigenvalue weighted by Crippen LogP contribution is -2.22. The van der Waals surface area contributed by atoms with Crippen LogP contribution in [-0.4, -0.2) is 11.1 Å². The average Bonchev–Trinajstić information content (AvgIpc) is 2.05. The number of aliphatic carboxylic acids is 1. The van der Waals surface area contributed by atoms with Gasteiger partial charge in [-0.25, -0.2) is 0 Å². The van der Waals surface area contributed by atoms with Crippen LogP contribution in [-0.2, 0) is 4.79 Å². The molecule has 0 aliphatic heterocycles. The highest BCUT2D eigenvalue weighted by Gasteiger charge is 2.25. The predicted molar refractivity (Wildman–Crippen MR) is 46.5 cm³/mol. The molecule has 2 nitrogen and oxygen atoms in total. The van der Waals surface area contributed by atoms with Crippen molar-refractivity contribution < 1.29 is 9.90 Å². The molecule has 0 aromatic rings. The zero-order chi connectivity index (χ0) is 8.97. The number of terminal acetylenes is 1. The van der Waals surface area contributed by atoms with Crippen molar-refractivity contribution in [3.63, 3.8) is 0 Å². The van der Waals surface area contributed by atoms with Gasteiger partial charge in [-0.15, -0.1) is 12.3 Å². The lowest BCUT2D eigenvalue weighted by atomic mass is 9.80. The summed E-state index contributed by atoms with van der Waals surface area (Å²) in [6.07, 6.45) is 9.65. The Labute approximate surface area is 73.0 Å². The van der Waals surface area contributed by atoms with Gasteiger partial charge in [0.05, 0.1) is 5.92 Å². The van der Waals surface area contributed by atoms with Crippen LogP contribution in [0.1, 0.15) is 32.1 Å². The number of carboxylic acids is 1. The van der Waals surface area contributed by atoms with E-state index in [4.69, 9.17) is 11.5 Å². The molecule has 0 spiro atoms. The molecular weight excluding hydrogens is 152 g/mol. The van der Waals surface area contributed by atoms with Crippen molar-refractivity contribution in [1.82, 2.24) is 0 Å². The molecule has 1 aliphatic rings. The molecule has 0 saturated heterocycles. The smallest absolute Gasteiger partial charge is 0.306 e. The number of rotatable bonds is 2. The second-order valence-corrected chi connectivity index (χ2v) is 3.48. The van der Waals surface area contributed by atoms with Crippen molar-refractivity contribution in [3.8, 4) is 12.3 Å². The van der Waals surface area contributed by atoms with E-state index in [9.17, 15) is 4.79 Å². The summed E-state index contributed by atoms with van der Waals surface area (Å²) in [5.41, 5.74) is 0. The largest absolute Gasteiger partial charge is 0.481 e.